The first kappa shape index (κ1) is 16.6. The Morgan fingerprint density at radius 3 is 2.27 bits per heavy atom. The Labute approximate surface area is 129 Å². The summed E-state index contributed by atoms with van der Waals surface area (Å²) in [5.74, 6) is 0. The molecule has 0 aliphatic rings. The van der Waals surface area contributed by atoms with Crippen molar-refractivity contribution in [3.63, 3.8) is 0 Å². The van der Waals surface area contributed by atoms with Crippen LogP contribution >= 0.6 is 0 Å². The highest BCUT2D eigenvalue weighted by molar-refractivity contribution is 7.90. The van der Waals surface area contributed by atoms with Gasteiger partial charge in [-0.15, -0.1) is 0 Å². The van der Waals surface area contributed by atoms with E-state index in [4.69, 9.17) is 0 Å². The van der Waals surface area contributed by atoms with Crippen LogP contribution < -0.4 is 9.44 Å². The highest BCUT2D eigenvalue weighted by Gasteiger charge is 2.18. The summed E-state index contributed by atoms with van der Waals surface area (Å²) in [6.45, 7) is 0.0686. The Morgan fingerprint density at radius 2 is 1.68 bits per heavy atom. The predicted molar refractivity (Wildman–Crippen MR) is 81.0 cm³/mol. The molecule has 0 fully saturated rings. The number of nitrogens with zero attached hydrogens (tertiary/aromatic N) is 1. The molecule has 7 nitrogen and oxygen atoms in total. The van der Waals surface area contributed by atoms with Gasteiger partial charge in [-0.3, -0.25) is 4.98 Å². The fourth-order valence-corrected chi connectivity index (χ4v) is 3.60. The number of hydrogen-bond acceptors (Lipinski definition) is 5. The zero-order chi connectivity index (χ0) is 16.2. The average Bonchev–Trinajstić information content (AvgIpc) is 2.54. The van der Waals surface area contributed by atoms with Crippen molar-refractivity contribution in [1.29, 1.82) is 0 Å². The smallest absolute Gasteiger partial charge is 0.240 e. The molecule has 2 aromatic rings. The molecule has 1 aromatic heterocycles. The van der Waals surface area contributed by atoms with Crippen LogP contribution in [0.4, 0.5) is 0 Å². The molecule has 0 unspecified atom stereocenters. The maximum absolute atomic E-state index is 12.2. The highest BCUT2D eigenvalue weighted by atomic mass is 32.2. The number of nitrogens with one attached hydrogen (secondary N) is 2. The van der Waals surface area contributed by atoms with E-state index in [0.717, 1.165) is 6.07 Å². The molecule has 2 N–H and O–H groups in total. The minimum atomic E-state index is -3.82. The van der Waals surface area contributed by atoms with Gasteiger partial charge in [-0.05, 0) is 36.9 Å². The predicted octanol–water partition coefficient (Wildman–Crippen LogP) is 0.468. The lowest BCUT2D eigenvalue weighted by Gasteiger charge is -2.08. The fraction of sp³-hybridized carbons (Fsp3) is 0.154. The lowest BCUT2D eigenvalue weighted by atomic mass is 10.3. The van der Waals surface area contributed by atoms with Gasteiger partial charge < -0.3 is 0 Å². The maximum atomic E-state index is 12.2. The summed E-state index contributed by atoms with van der Waals surface area (Å²) in [4.78, 5) is 3.66. The van der Waals surface area contributed by atoms with Crippen LogP contribution in [0.25, 0.3) is 0 Å². The third-order valence-electron chi connectivity index (χ3n) is 2.88. The van der Waals surface area contributed by atoms with Gasteiger partial charge in [0.25, 0.3) is 0 Å². The molecule has 1 aromatic carbocycles. The van der Waals surface area contributed by atoms with Crippen LogP contribution in [0.3, 0.4) is 0 Å². The molecule has 0 aliphatic heterocycles. The van der Waals surface area contributed by atoms with Crippen LogP contribution in [0.2, 0.25) is 0 Å². The van der Waals surface area contributed by atoms with E-state index in [0.29, 0.717) is 5.56 Å². The zero-order valence-electron chi connectivity index (χ0n) is 11.7. The van der Waals surface area contributed by atoms with Crippen molar-refractivity contribution in [3.05, 3.63) is 54.4 Å². The Hall–Kier alpha value is -1.81. The van der Waals surface area contributed by atoms with Gasteiger partial charge in [-0.25, -0.2) is 26.3 Å². The Balaban J connectivity index is 2.25. The first-order chi connectivity index (χ1) is 10.3. The first-order valence-corrected chi connectivity index (χ1v) is 9.24. The van der Waals surface area contributed by atoms with Gasteiger partial charge >= 0.3 is 0 Å². The Morgan fingerprint density at radius 1 is 1.00 bits per heavy atom. The van der Waals surface area contributed by atoms with Crippen LogP contribution in [0.5, 0.6) is 0 Å². The number of aromatic nitrogens is 1. The standard InChI is InChI=1S/C13H15N3O4S2/c1-14-21(17,18)12-5-2-6-13(8-12)22(19,20)16-10-11-4-3-7-15-9-11/h2-9,14,16H,10H2,1H3. The summed E-state index contributed by atoms with van der Waals surface area (Å²) in [6.07, 6.45) is 3.13. The molecule has 9 heteroatoms. The van der Waals surface area contributed by atoms with Crippen molar-refractivity contribution in [2.24, 2.45) is 0 Å². The number of rotatable bonds is 6. The topological polar surface area (TPSA) is 105 Å². The van der Waals surface area contributed by atoms with E-state index >= 15 is 0 Å². The van der Waals surface area contributed by atoms with Gasteiger partial charge in [0.1, 0.15) is 0 Å². The van der Waals surface area contributed by atoms with Crippen molar-refractivity contribution in [1.82, 2.24) is 14.4 Å². The van der Waals surface area contributed by atoms with Crippen molar-refractivity contribution in [2.45, 2.75) is 16.3 Å². The van der Waals surface area contributed by atoms with Crippen molar-refractivity contribution < 1.29 is 16.8 Å². The average molecular weight is 341 g/mol. The second-order valence-electron chi connectivity index (χ2n) is 4.37. The number of sulfonamides is 2. The van der Waals surface area contributed by atoms with E-state index < -0.39 is 20.0 Å². The molecule has 1 heterocycles. The van der Waals surface area contributed by atoms with E-state index in [9.17, 15) is 16.8 Å². The molecule has 2 rings (SSSR count). The second kappa shape index (κ2) is 6.53. The van der Waals surface area contributed by atoms with Crippen LogP contribution in [0.15, 0.2) is 58.6 Å². The van der Waals surface area contributed by atoms with Gasteiger partial charge in [0, 0.05) is 18.9 Å². The highest BCUT2D eigenvalue weighted by Crippen LogP contribution is 2.15. The summed E-state index contributed by atoms with van der Waals surface area (Å²) in [6, 6.07) is 8.58. The molecule has 0 atom stereocenters. The van der Waals surface area contributed by atoms with Crippen molar-refractivity contribution in [3.8, 4) is 0 Å². The summed E-state index contributed by atoms with van der Waals surface area (Å²) >= 11 is 0. The largest absolute Gasteiger partial charge is 0.264 e. The summed E-state index contributed by atoms with van der Waals surface area (Å²) < 4.78 is 52.5. The molecule has 0 aliphatic carbocycles. The van der Waals surface area contributed by atoms with Gasteiger partial charge in [-0.2, -0.15) is 0 Å². The monoisotopic (exact) mass is 341 g/mol. The molecular formula is C13H15N3O4S2. The summed E-state index contributed by atoms with van der Waals surface area (Å²) in [5, 5.41) is 0. The Kier molecular flexibility index (Phi) is 4.91. The van der Waals surface area contributed by atoms with Crippen molar-refractivity contribution in [2.75, 3.05) is 7.05 Å². The fourth-order valence-electron chi connectivity index (χ4n) is 1.69. The summed E-state index contributed by atoms with van der Waals surface area (Å²) in [7, 11) is -6.26. The lowest BCUT2D eigenvalue weighted by molar-refractivity contribution is 0.580. The third-order valence-corrected chi connectivity index (χ3v) is 5.69. The van der Waals surface area contributed by atoms with E-state index in [1.54, 1.807) is 24.5 Å². The Bertz CT molecular complexity index is 850. The number of benzene rings is 1. The van der Waals surface area contributed by atoms with Crippen LogP contribution in [-0.2, 0) is 26.6 Å². The quantitative estimate of drug-likeness (QED) is 0.794. The molecule has 0 spiro atoms. The number of hydrogen-bond donors (Lipinski definition) is 2. The van der Waals surface area contributed by atoms with E-state index in [2.05, 4.69) is 14.4 Å². The van der Waals surface area contributed by atoms with Crippen LogP contribution in [0, 0.1) is 0 Å². The molecular weight excluding hydrogens is 326 g/mol. The number of pyridine rings is 1. The van der Waals surface area contributed by atoms with Gasteiger partial charge in [0.2, 0.25) is 20.0 Å². The minimum absolute atomic E-state index is 0.0686. The van der Waals surface area contributed by atoms with E-state index in [1.807, 2.05) is 0 Å². The van der Waals surface area contributed by atoms with Crippen LogP contribution in [-0.4, -0.2) is 28.9 Å². The van der Waals surface area contributed by atoms with Crippen LogP contribution in [0.1, 0.15) is 5.56 Å². The molecule has 0 bridgehead atoms. The maximum Gasteiger partial charge on any atom is 0.240 e. The van der Waals surface area contributed by atoms with Gasteiger partial charge in [-0.1, -0.05) is 12.1 Å². The normalized spacial score (nSPS) is 12.2. The second-order valence-corrected chi connectivity index (χ2v) is 8.02. The SMILES string of the molecule is CNS(=O)(=O)c1cccc(S(=O)(=O)NCc2cccnc2)c1. The minimum Gasteiger partial charge on any atom is -0.264 e. The molecule has 0 amide bonds. The van der Waals surface area contributed by atoms with Gasteiger partial charge in [0.15, 0.2) is 0 Å². The first-order valence-electron chi connectivity index (χ1n) is 6.27. The molecule has 0 saturated heterocycles. The van der Waals surface area contributed by atoms with E-state index in [-0.39, 0.29) is 16.3 Å². The van der Waals surface area contributed by atoms with Crippen molar-refractivity contribution >= 4 is 20.0 Å². The summed E-state index contributed by atoms with van der Waals surface area (Å²) in [5.41, 5.74) is 0.699. The zero-order valence-corrected chi connectivity index (χ0v) is 13.4. The molecule has 0 radical (unpaired) electrons. The molecule has 22 heavy (non-hydrogen) atoms. The van der Waals surface area contributed by atoms with Gasteiger partial charge in [0.05, 0.1) is 9.79 Å². The lowest BCUT2D eigenvalue weighted by Crippen LogP contribution is -2.24. The molecule has 118 valence electrons. The van der Waals surface area contributed by atoms with E-state index in [1.165, 1.54) is 25.2 Å². The third kappa shape index (κ3) is 3.89. The molecule has 0 saturated carbocycles.